The van der Waals surface area contributed by atoms with Crippen molar-refractivity contribution in [2.24, 2.45) is 0 Å². The maximum absolute atomic E-state index is 6.19. The van der Waals surface area contributed by atoms with Gasteiger partial charge in [0.25, 0.3) is 0 Å². The molecule has 0 spiro atoms. The average molecular weight is 288 g/mol. The van der Waals surface area contributed by atoms with E-state index in [9.17, 15) is 0 Å². The molecule has 0 radical (unpaired) electrons. The third-order valence-electron chi connectivity index (χ3n) is 3.79. The molecule has 0 saturated heterocycles. The van der Waals surface area contributed by atoms with E-state index in [0.717, 1.165) is 13.0 Å². The van der Waals surface area contributed by atoms with Gasteiger partial charge in [-0.2, -0.15) is 0 Å². The molecule has 2 aromatic carbocycles. The molecule has 2 rings (SSSR count). The molecule has 0 amide bonds. The fourth-order valence-corrected chi connectivity index (χ4v) is 2.47. The lowest BCUT2D eigenvalue weighted by atomic mass is 9.93. The summed E-state index contributed by atoms with van der Waals surface area (Å²) in [5.41, 5.74) is 3.68. The van der Waals surface area contributed by atoms with Crippen molar-refractivity contribution in [3.63, 3.8) is 0 Å². The van der Waals surface area contributed by atoms with Crippen LogP contribution in [-0.4, -0.2) is 5.88 Å². The van der Waals surface area contributed by atoms with E-state index >= 15 is 0 Å². The molecule has 2 heteroatoms. The quantitative estimate of drug-likeness (QED) is 0.772. The summed E-state index contributed by atoms with van der Waals surface area (Å²) in [6.45, 7) is 5.14. The Kier molecular flexibility index (Phi) is 5.22. The zero-order valence-corrected chi connectivity index (χ0v) is 13.0. The standard InChI is InChI=1S/C18H22ClN/c1-3-15-9-11-16(12-10-15)13-20-18(2,14-19)17-7-5-4-6-8-17/h4-12,20H,3,13-14H2,1-2H3. The first-order chi connectivity index (χ1) is 9.68. The summed E-state index contributed by atoms with van der Waals surface area (Å²) in [6.07, 6.45) is 1.08. The van der Waals surface area contributed by atoms with Crippen LogP contribution in [0.1, 0.15) is 30.5 Å². The maximum atomic E-state index is 6.19. The van der Waals surface area contributed by atoms with Crippen molar-refractivity contribution in [2.45, 2.75) is 32.4 Å². The molecule has 1 nitrogen and oxygen atoms in total. The topological polar surface area (TPSA) is 12.0 Å². The van der Waals surface area contributed by atoms with E-state index in [1.54, 1.807) is 0 Å². The van der Waals surface area contributed by atoms with Crippen molar-refractivity contribution in [1.29, 1.82) is 0 Å². The molecule has 0 aliphatic heterocycles. The second-order valence-corrected chi connectivity index (χ2v) is 5.62. The molecule has 2 aromatic rings. The van der Waals surface area contributed by atoms with Crippen LogP contribution in [0.15, 0.2) is 54.6 Å². The van der Waals surface area contributed by atoms with E-state index in [0.29, 0.717) is 5.88 Å². The molecular formula is C18H22ClN. The molecule has 106 valence electrons. The number of alkyl halides is 1. The first-order valence-electron chi connectivity index (χ1n) is 7.12. The minimum absolute atomic E-state index is 0.202. The number of rotatable bonds is 6. The van der Waals surface area contributed by atoms with Gasteiger partial charge < -0.3 is 5.32 Å². The zero-order chi connectivity index (χ0) is 14.4. The molecule has 1 unspecified atom stereocenters. The van der Waals surface area contributed by atoms with Crippen LogP contribution < -0.4 is 5.32 Å². The van der Waals surface area contributed by atoms with E-state index in [-0.39, 0.29) is 5.54 Å². The van der Waals surface area contributed by atoms with Crippen LogP contribution in [0.4, 0.5) is 0 Å². The second kappa shape index (κ2) is 6.92. The van der Waals surface area contributed by atoms with Crippen molar-refractivity contribution >= 4 is 11.6 Å². The summed E-state index contributed by atoms with van der Waals surface area (Å²) >= 11 is 6.19. The van der Waals surface area contributed by atoms with E-state index < -0.39 is 0 Å². The molecule has 1 N–H and O–H groups in total. The highest BCUT2D eigenvalue weighted by molar-refractivity contribution is 6.18. The minimum Gasteiger partial charge on any atom is -0.303 e. The summed E-state index contributed by atoms with van der Waals surface area (Å²) in [7, 11) is 0. The van der Waals surface area contributed by atoms with Crippen molar-refractivity contribution in [3.05, 3.63) is 71.3 Å². The van der Waals surface area contributed by atoms with Gasteiger partial charge in [-0.05, 0) is 30.0 Å². The molecule has 0 bridgehead atoms. The van der Waals surface area contributed by atoms with Gasteiger partial charge in [0.15, 0.2) is 0 Å². The first kappa shape index (κ1) is 15.1. The summed E-state index contributed by atoms with van der Waals surface area (Å²) in [5.74, 6) is 0.546. The van der Waals surface area contributed by atoms with Crippen LogP contribution in [-0.2, 0) is 18.5 Å². The van der Waals surface area contributed by atoms with E-state index in [1.807, 2.05) is 6.07 Å². The highest BCUT2D eigenvalue weighted by Crippen LogP contribution is 2.22. The van der Waals surface area contributed by atoms with Gasteiger partial charge in [0, 0.05) is 12.4 Å². The first-order valence-corrected chi connectivity index (χ1v) is 7.66. The molecule has 0 heterocycles. The van der Waals surface area contributed by atoms with Crippen LogP contribution >= 0.6 is 11.6 Å². The Morgan fingerprint density at radius 1 is 0.950 bits per heavy atom. The average Bonchev–Trinajstić information content (AvgIpc) is 2.54. The van der Waals surface area contributed by atoms with E-state index in [1.165, 1.54) is 16.7 Å². The van der Waals surface area contributed by atoms with Gasteiger partial charge in [0.1, 0.15) is 0 Å². The predicted octanol–water partition coefficient (Wildman–Crippen LogP) is 4.49. The monoisotopic (exact) mass is 287 g/mol. The lowest BCUT2D eigenvalue weighted by Crippen LogP contribution is -2.40. The van der Waals surface area contributed by atoms with Gasteiger partial charge in [0.05, 0.1) is 5.54 Å². The van der Waals surface area contributed by atoms with Crippen molar-refractivity contribution in [2.75, 3.05) is 5.88 Å². The number of nitrogens with one attached hydrogen (secondary N) is 1. The van der Waals surface area contributed by atoms with Crippen molar-refractivity contribution in [3.8, 4) is 0 Å². The normalized spacial score (nSPS) is 13.9. The van der Waals surface area contributed by atoms with Crippen LogP contribution in [0, 0.1) is 0 Å². The van der Waals surface area contributed by atoms with E-state index in [2.05, 4.69) is 67.7 Å². The summed E-state index contributed by atoms with van der Waals surface area (Å²) in [4.78, 5) is 0. The Balaban J connectivity index is 2.06. The summed E-state index contributed by atoms with van der Waals surface area (Å²) in [6, 6.07) is 19.1. The van der Waals surface area contributed by atoms with Crippen LogP contribution in [0.5, 0.6) is 0 Å². The highest BCUT2D eigenvalue weighted by Gasteiger charge is 2.24. The lowest BCUT2D eigenvalue weighted by molar-refractivity contribution is 0.407. The fourth-order valence-electron chi connectivity index (χ4n) is 2.22. The minimum atomic E-state index is -0.202. The maximum Gasteiger partial charge on any atom is 0.0545 e. The highest BCUT2D eigenvalue weighted by atomic mass is 35.5. The van der Waals surface area contributed by atoms with Crippen LogP contribution in [0.2, 0.25) is 0 Å². The predicted molar refractivity (Wildman–Crippen MR) is 87.2 cm³/mol. The molecule has 0 aliphatic rings. The third kappa shape index (κ3) is 3.62. The van der Waals surface area contributed by atoms with Gasteiger partial charge in [-0.1, -0.05) is 61.5 Å². The summed E-state index contributed by atoms with van der Waals surface area (Å²) in [5, 5.41) is 3.58. The number of aryl methyl sites for hydroxylation is 1. The molecule has 0 aromatic heterocycles. The Labute approximate surface area is 127 Å². The SMILES string of the molecule is CCc1ccc(CNC(C)(CCl)c2ccccc2)cc1. The van der Waals surface area contributed by atoms with Gasteiger partial charge in [0.2, 0.25) is 0 Å². The summed E-state index contributed by atoms with van der Waals surface area (Å²) < 4.78 is 0. The van der Waals surface area contributed by atoms with Crippen molar-refractivity contribution < 1.29 is 0 Å². The van der Waals surface area contributed by atoms with Gasteiger partial charge in [-0.15, -0.1) is 11.6 Å². The molecule has 0 saturated carbocycles. The second-order valence-electron chi connectivity index (χ2n) is 5.36. The number of halogens is 1. The van der Waals surface area contributed by atoms with Gasteiger partial charge >= 0.3 is 0 Å². The largest absolute Gasteiger partial charge is 0.303 e. The van der Waals surface area contributed by atoms with Gasteiger partial charge in [-0.25, -0.2) is 0 Å². The Hall–Kier alpha value is -1.31. The zero-order valence-electron chi connectivity index (χ0n) is 12.2. The Morgan fingerprint density at radius 2 is 1.55 bits per heavy atom. The smallest absolute Gasteiger partial charge is 0.0545 e. The van der Waals surface area contributed by atoms with Gasteiger partial charge in [-0.3, -0.25) is 0 Å². The fraction of sp³-hybridized carbons (Fsp3) is 0.333. The van der Waals surface area contributed by atoms with E-state index in [4.69, 9.17) is 11.6 Å². The Bertz CT molecular complexity index is 521. The third-order valence-corrected chi connectivity index (χ3v) is 4.33. The van der Waals surface area contributed by atoms with Crippen molar-refractivity contribution in [1.82, 2.24) is 5.32 Å². The lowest BCUT2D eigenvalue weighted by Gasteiger charge is -2.29. The van der Waals surface area contributed by atoms with Crippen LogP contribution in [0.3, 0.4) is 0 Å². The molecular weight excluding hydrogens is 266 g/mol. The van der Waals surface area contributed by atoms with Crippen LogP contribution in [0.25, 0.3) is 0 Å². The number of hydrogen-bond donors (Lipinski definition) is 1. The molecule has 0 aliphatic carbocycles. The molecule has 0 fully saturated rings. The number of benzene rings is 2. The molecule has 20 heavy (non-hydrogen) atoms. The Morgan fingerprint density at radius 3 is 2.10 bits per heavy atom. The number of hydrogen-bond acceptors (Lipinski definition) is 1. The molecule has 1 atom stereocenters.